The Bertz CT molecular complexity index is 620. The van der Waals surface area contributed by atoms with Crippen LogP contribution >= 0.6 is 31.9 Å². The maximum absolute atomic E-state index is 11.9. The predicted octanol–water partition coefficient (Wildman–Crippen LogP) is 1.25. The van der Waals surface area contributed by atoms with E-state index >= 15 is 0 Å². The Morgan fingerprint density at radius 1 is 1.47 bits per heavy atom. The van der Waals surface area contributed by atoms with Gasteiger partial charge in [0.15, 0.2) is 0 Å². The van der Waals surface area contributed by atoms with Gasteiger partial charge in [0.2, 0.25) is 15.9 Å². The van der Waals surface area contributed by atoms with E-state index in [9.17, 15) is 13.2 Å². The molecule has 1 saturated heterocycles. The molecule has 6 nitrogen and oxygen atoms in total. The molecule has 2 heterocycles. The van der Waals surface area contributed by atoms with Gasteiger partial charge < -0.3 is 0 Å². The van der Waals surface area contributed by atoms with Crippen LogP contribution in [0.3, 0.4) is 0 Å². The van der Waals surface area contributed by atoms with Crippen molar-refractivity contribution in [2.24, 2.45) is 11.1 Å². The van der Waals surface area contributed by atoms with Crippen molar-refractivity contribution in [3.05, 3.63) is 21.2 Å². The number of pyridine rings is 1. The molecule has 104 valence electrons. The Morgan fingerprint density at radius 2 is 2.16 bits per heavy atom. The first kappa shape index (κ1) is 14.9. The lowest BCUT2D eigenvalue weighted by molar-refractivity contribution is -0.117. The quantitative estimate of drug-likeness (QED) is 0.808. The fraction of sp³-hybridized carbons (Fsp3) is 0.400. The van der Waals surface area contributed by atoms with E-state index in [1.807, 2.05) is 0 Å². The summed E-state index contributed by atoms with van der Waals surface area (Å²) in [5, 5.41) is 5.01. The molecule has 1 aromatic rings. The molecule has 1 aliphatic rings. The maximum atomic E-state index is 11.9. The summed E-state index contributed by atoms with van der Waals surface area (Å²) in [7, 11) is -3.57. The fourth-order valence-electron chi connectivity index (χ4n) is 2.03. The van der Waals surface area contributed by atoms with Crippen LogP contribution in [-0.4, -0.2) is 31.6 Å². The maximum Gasteiger partial charge on any atom is 0.228 e. The molecule has 1 fully saturated rings. The molecule has 1 atom stereocenters. The minimum atomic E-state index is -3.57. The smallest absolute Gasteiger partial charge is 0.228 e. The Kier molecular flexibility index (Phi) is 4.29. The van der Waals surface area contributed by atoms with Gasteiger partial charge in [-0.3, -0.25) is 9.69 Å². The lowest BCUT2D eigenvalue weighted by atomic mass is 10.1. The molecular weight excluding hydrogens is 402 g/mol. The van der Waals surface area contributed by atoms with E-state index in [0.29, 0.717) is 16.8 Å². The van der Waals surface area contributed by atoms with Crippen molar-refractivity contribution in [3.63, 3.8) is 0 Å². The number of halogens is 2. The number of nitrogens with zero attached hydrogens (tertiary/aromatic N) is 2. The van der Waals surface area contributed by atoms with E-state index < -0.39 is 10.0 Å². The zero-order valence-corrected chi connectivity index (χ0v) is 13.7. The summed E-state index contributed by atoms with van der Waals surface area (Å²) in [5.74, 6) is -0.141. The molecule has 0 bridgehead atoms. The first-order chi connectivity index (χ1) is 8.76. The van der Waals surface area contributed by atoms with E-state index in [0.717, 1.165) is 4.47 Å². The minimum Gasteiger partial charge on any atom is -0.296 e. The predicted molar refractivity (Wildman–Crippen MR) is 78.1 cm³/mol. The number of rotatable bonds is 3. The van der Waals surface area contributed by atoms with E-state index in [4.69, 9.17) is 5.14 Å². The summed E-state index contributed by atoms with van der Waals surface area (Å²) >= 11 is 6.62. The number of aromatic nitrogens is 1. The van der Waals surface area contributed by atoms with Gasteiger partial charge >= 0.3 is 0 Å². The highest BCUT2D eigenvalue weighted by Gasteiger charge is 2.34. The number of primary sulfonamides is 1. The van der Waals surface area contributed by atoms with Gasteiger partial charge in [0, 0.05) is 29.6 Å². The van der Waals surface area contributed by atoms with Crippen LogP contribution in [0.5, 0.6) is 0 Å². The van der Waals surface area contributed by atoms with Crippen molar-refractivity contribution >= 4 is 53.6 Å². The third-order valence-corrected chi connectivity index (χ3v) is 4.67. The number of hydrogen-bond donors (Lipinski definition) is 1. The van der Waals surface area contributed by atoms with E-state index in [2.05, 4.69) is 36.8 Å². The molecule has 0 spiro atoms. The molecule has 1 aliphatic heterocycles. The lowest BCUT2D eigenvalue weighted by Gasteiger charge is -2.17. The molecule has 1 aromatic heterocycles. The number of hydrogen-bond acceptors (Lipinski definition) is 4. The van der Waals surface area contributed by atoms with Gasteiger partial charge in [-0.15, -0.1) is 0 Å². The molecule has 0 aromatic carbocycles. The first-order valence-electron chi connectivity index (χ1n) is 5.38. The van der Waals surface area contributed by atoms with Crippen molar-refractivity contribution in [2.75, 3.05) is 17.2 Å². The van der Waals surface area contributed by atoms with Crippen LogP contribution in [0.1, 0.15) is 6.42 Å². The average Bonchev–Trinajstić information content (AvgIpc) is 2.56. The summed E-state index contributed by atoms with van der Waals surface area (Å²) < 4.78 is 23.6. The third-order valence-electron chi connectivity index (χ3n) is 2.72. The molecule has 9 heteroatoms. The largest absolute Gasteiger partial charge is 0.296 e. The standard InChI is InChI=1S/C10H11Br2N3O3S/c11-7-2-8(12)10(14-3-7)15-4-6(1-9(15)16)5-19(13,17)18/h2-3,6H,1,4-5H2,(H2,13,17,18). The van der Waals surface area contributed by atoms with Crippen LogP contribution < -0.4 is 10.0 Å². The van der Waals surface area contributed by atoms with Crippen molar-refractivity contribution in [3.8, 4) is 0 Å². The molecule has 2 N–H and O–H groups in total. The Morgan fingerprint density at radius 3 is 2.74 bits per heavy atom. The van der Waals surface area contributed by atoms with Crippen molar-refractivity contribution in [1.29, 1.82) is 0 Å². The van der Waals surface area contributed by atoms with E-state index in [1.165, 1.54) is 4.90 Å². The van der Waals surface area contributed by atoms with Crippen molar-refractivity contribution in [2.45, 2.75) is 6.42 Å². The van der Waals surface area contributed by atoms with Gasteiger partial charge in [-0.05, 0) is 37.9 Å². The summed E-state index contributed by atoms with van der Waals surface area (Å²) in [5.41, 5.74) is 0. The summed E-state index contributed by atoms with van der Waals surface area (Å²) in [6.07, 6.45) is 1.75. The summed E-state index contributed by atoms with van der Waals surface area (Å²) in [4.78, 5) is 17.6. The molecule has 0 saturated carbocycles. The zero-order valence-electron chi connectivity index (χ0n) is 9.71. The topological polar surface area (TPSA) is 93.4 Å². The van der Waals surface area contributed by atoms with Gasteiger partial charge in [-0.1, -0.05) is 0 Å². The van der Waals surface area contributed by atoms with Crippen LogP contribution in [0, 0.1) is 5.92 Å². The number of amides is 1. The molecule has 1 amide bonds. The molecule has 19 heavy (non-hydrogen) atoms. The van der Waals surface area contributed by atoms with Crippen LogP contribution in [0.25, 0.3) is 0 Å². The van der Waals surface area contributed by atoms with Crippen LogP contribution in [0.15, 0.2) is 21.2 Å². The second-order valence-corrected chi connectivity index (χ2v) is 7.79. The monoisotopic (exact) mass is 411 g/mol. The summed E-state index contributed by atoms with van der Waals surface area (Å²) in [6.45, 7) is 0.308. The highest BCUT2D eigenvalue weighted by molar-refractivity contribution is 9.11. The Balaban J connectivity index is 2.20. The van der Waals surface area contributed by atoms with Gasteiger partial charge in [0.25, 0.3) is 0 Å². The highest BCUT2D eigenvalue weighted by Crippen LogP contribution is 2.31. The lowest BCUT2D eigenvalue weighted by Crippen LogP contribution is -2.28. The molecule has 2 rings (SSSR count). The zero-order chi connectivity index (χ0) is 14.2. The normalized spacial score (nSPS) is 20.1. The third kappa shape index (κ3) is 3.74. The van der Waals surface area contributed by atoms with Gasteiger partial charge in [0.1, 0.15) is 5.82 Å². The first-order valence-corrected chi connectivity index (χ1v) is 8.68. The minimum absolute atomic E-state index is 0.149. The number of carbonyl (C=O) groups is 1. The Labute approximate surface area is 127 Å². The van der Waals surface area contributed by atoms with Gasteiger partial charge in [0.05, 0.1) is 10.2 Å². The van der Waals surface area contributed by atoms with Crippen LogP contribution in [-0.2, 0) is 14.8 Å². The highest BCUT2D eigenvalue weighted by atomic mass is 79.9. The van der Waals surface area contributed by atoms with Crippen LogP contribution in [0.4, 0.5) is 5.82 Å². The second-order valence-electron chi connectivity index (χ2n) is 4.36. The second kappa shape index (κ2) is 5.47. The van der Waals surface area contributed by atoms with Gasteiger partial charge in [-0.25, -0.2) is 18.5 Å². The Hall–Kier alpha value is -0.510. The van der Waals surface area contributed by atoms with Crippen LogP contribution in [0.2, 0.25) is 0 Å². The van der Waals surface area contributed by atoms with Crippen molar-refractivity contribution in [1.82, 2.24) is 4.98 Å². The van der Waals surface area contributed by atoms with Crippen molar-refractivity contribution < 1.29 is 13.2 Å². The number of sulfonamides is 1. The average molecular weight is 413 g/mol. The molecule has 0 aliphatic carbocycles. The van der Waals surface area contributed by atoms with Gasteiger partial charge in [-0.2, -0.15) is 0 Å². The SMILES string of the molecule is NS(=O)(=O)CC1CC(=O)N(c2ncc(Br)cc2Br)C1. The number of nitrogens with two attached hydrogens (primary N) is 1. The molecule has 0 radical (unpaired) electrons. The summed E-state index contributed by atoms with van der Waals surface area (Å²) in [6, 6.07) is 1.78. The molecule has 1 unspecified atom stereocenters. The number of anilines is 1. The molecular formula is C10H11Br2N3O3S. The van der Waals surface area contributed by atoms with E-state index in [1.54, 1.807) is 12.3 Å². The number of carbonyl (C=O) groups excluding carboxylic acids is 1. The fourth-order valence-corrected chi connectivity index (χ4v) is 4.11. The van der Waals surface area contributed by atoms with E-state index in [-0.39, 0.29) is 24.0 Å².